The van der Waals surface area contributed by atoms with Crippen LogP contribution >= 0.6 is 22.7 Å². The summed E-state index contributed by atoms with van der Waals surface area (Å²) in [5, 5.41) is 19.8. The fourth-order valence-corrected chi connectivity index (χ4v) is 5.58. The van der Waals surface area contributed by atoms with Gasteiger partial charge in [0.05, 0.1) is 56.1 Å². The van der Waals surface area contributed by atoms with Crippen molar-refractivity contribution in [1.82, 2.24) is 34.5 Å². The minimum atomic E-state index is -0.963. The average Bonchev–Trinajstić information content (AvgIpc) is 3.84. The first-order chi connectivity index (χ1) is 20.9. The second kappa shape index (κ2) is 13.2. The van der Waals surface area contributed by atoms with Crippen LogP contribution in [0.3, 0.4) is 0 Å². The van der Waals surface area contributed by atoms with Crippen LogP contribution in [-0.2, 0) is 4.74 Å². The van der Waals surface area contributed by atoms with E-state index in [4.69, 9.17) is 9.84 Å². The number of nitrogens with zero attached hydrogens (tertiary/aromatic N) is 6. The molecule has 1 amide bonds. The standard InChI is InChI=1S/C16H16N4O3S.C12H7N3O3S/c1-2-23-8-6-17-16(22)14-4-3-13(24-14)12-5-7-20-15(19-12)11(10-21)9-18-20;16-6-7-5-13-15-4-3-8(14-11(7)15)9-1-2-10(19-9)12(17)18/h3-5,7,9-10H,2,6,8H2,1H3,(H,17,22);1-6H,(H,17,18). The predicted molar refractivity (Wildman–Crippen MR) is 159 cm³/mol. The fraction of sp³-hybridized carbons (Fsp3) is 0.143. The molecule has 6 heterocycles. The molecule has 43 heavy (non-hydrogen) atoms. The van der Waals surface area contributed by atoms with Gasteiger partial charge in [0.25, 0.3) is 5.91 Å². The van der Waals surface area contributed by atoms with E-state index in [1.54, 1.807) is 41.2 Å². The number of hydrogen-bond donors (Lipinski definition) is 2. The van der Waals surface area contributed by atoms with E-state index >= 15 is 0 Å². The minimum absolute atomic E-state index is 0.134. The van der Waals surface area contributed by atoms with Crippen molar-refractivity contribution in [2.45, 2.75) is 6.92 Å². The summed E-state index contributed by atoms with van der Waals surface area (Å²) in [7, 11) is 0. The molecule has 0 aromatic carbocycles. The molecule has 6 aromatic rings. The van der Waals surface area contributed by atoms with Gasteiger partial charge in [-0.3, -0.25) is 14.4 Å². The SMILES string of the molecule is CCOCCNC(=O)c1ccc(-c2ccn3ncc(C=O)c3n2)s1.O=Cc1cnn2ccc(-c3ccc(C(=O)O)s3)nc12. The molecule has 0 radical (unpaired) electrons. The number of aromatic nitrogens is 6. The van der Waals surface area contributed by atoms with Crippen LogP contribution in [-0.4, -0.2) is 78.5 Å². The summed E-state index contributed by atoms with van der Waals surface area (Å²) < 4.78 is 8.23. The Balaban J connectivity index is 0.000000176. The number of fused-ring (bicyclic) bond motifs is 2. The summed E-state index contributed by atoms with van der Waals surface area (Å²) in [6.07, 6.45) is 7.76. The van der Waals surface area contributed by atoms with Gasteiger partial charge in [0.15, 0.2) is 23.9 Å². The van der Waals surface area contributed by atoms with Crippen LogP contribution in [0.15, 0.2) is 61.2 Å². The Labute approximate surface area is 251 Å². The average molecular weight is 618 g/mol. The number of thiophene rings is 2. The molecule has 0 aliphatic heterocycles. The van der Waals surface area contributed by atoms with E-state index in [0.717, 1.165) is 27.4 Å². The summed E-state index contributed by atoms with van der Waals surface area (Å²) in [4.78, 5) is 56.0. The quantitative estimate of drug-likeness (QED) is 0.169. The highest BCUT2D eigenvalue weighted by molar-refractivity contribution is 7.17. The van der Waals surface area contributed by atoms with Gasteiger partial charge in [0.2, 0.25) is 0 Å². The van der Waals surface area contributed by atoms with Crippen molar-refractivity contribution in [2.75, 3.05) is 19.8 Å². The van der Waals surface area contributed by atoms with Gasteiger partial charge in [-0.25, -0.2) is 23.8 Å². The lowest BCUT2D eigenvalue weighted by Gasteiger charge is -2.03. The van der Waals surface area contributed by atoms with Gasteiger partial charge in [0, 0.05) is 25.5 Å². The van der Waals surface area contributed by atoms with Crippen LogP contribution < -0.4 is 5.32 Å². The van der Waals surface area contributed by atoms with E-state index in [1.165, 1.54) is 34.3 Å². The summed E-state index contributed by atoms with van der Waals surface area (Å²) in [6, 6.07) is 10.4. The van der Waals surface area contributed by atoms with Gasteiger partial charge in [-0.1, -0.05) is 0 Å². The Morgan fingerprint density at radius 1 is 0.860 bits per heavy atom. The number of nitrogens with one attached hydrogen (secondary N) is 1. The molecular formula is C28H23N7O6S2. The van der Waals surface area contributed by atoms with Crippen LogP contribution in [0.2, 0.25) is 0 Å². The molecule has 13 nitrogen and oxygen atoms in total. The Morgan fingerprint density at radius 3 is 1.88 bits per heavy atom. The molecule has 0 bridgehead atoms. The summed E-state index contributed by atoms with van der Waals surface area (Å²) >= 11 is 2.49. The second-order valence-electron chi connectivity index (χ2n) is 8.68. The number of aldehydes is 2. The molecule has 218 valence electrons. The van der Waals surface area contributed by atoms with Gasteiger partial charge in [0.1, 0.15) is 4.88 Å². The van der Waals surface area contributed by atoms with Crippen molar-refractivity contribution in [3.05, 3.63) is 82.1 Å². The lowest BCUT2D eigenvalue weighted by Crippen LogP contribution is -2.26. The molecule has 0 atom stereocenters. The lowest BCUT2D eigenvalue weighted by atomic mass is 10.3. The van der Waals surface area contributed by atoms with E-state index in [9.17, 15) is 19.2 Å². The number of ether oxygens (including phenoxy) is 1. The van der Waals surface area contributed by atoms with Crippen LogP contribution in [0, 0.1) is 0 Å². The molecule has 0 fully saturated rings. The maximum Gasteiger partial charge on any atom is 0.345 e. The molecule has 15 heteroatoms. The lowest BCUT2D eigenvalue weighted by molar-refractivity contribution is 0.0701. The maximum absolute atomic E-state index is 12.1. The zero-order chi connectivity index (χ0) is 30.3. The highest BCUT2D eigenvalue weighted by atomic mass is 32.1. The number of carbonyl (C=O) groups excluding carboxylic acids is 3. The zero-order valence-corrected chi connectivity index (χ0v) is 24.2. The molecule has 0 aliphatic carbocycles. The molecular weight excluding hydrogens is 594 g/mol. The molecule has 0 saturated carbocycles. The monoisotopic (exact) mass is 617 g/mol. The predicted octanol–water partition coefficient (Wildman–Crippen LogP) is 4.01. The highest BCUT2D eigenvalue weighted by Crippen LogP contribution is 2.28. The van der Waals surface area contributed by atoms with Crippen LogP contribution in [0.4, 0.5) is 0 Å². The van der Waals surface area contributed by atoms with Crippen molar-refractivity contribution >= 4 is 58.4 Å². The number of carboxylic acids is 1. The van der Waals surface area contributed by atoms with E-state index in [1.807, 2.05) is 13.0 Å². The molecule has 6 rings (SSSR count). The van der Waals surface area contributed by atoms with Crippen molar-refractivity contribution in [3.8, 4) is 21.1 Å². The van der Waals surface area contributed by atoms with Crippen molar-refractivity contribution < 1.29 is 29.0 Å². The first kappa shape index (κ1) is 29.4. The smallest absolute Gasteiger partial charge is 0.345 e. The Morgan fingerprint density at radius 2 is 1.40 bits per heavy atom. The Kier molecular flexibility index (Phi) is 9.05. The molecule has 0 saturated heterocycles. The normalized spacial score (nSPS) is 10.8. The molecule has 0 aliphatic rings. The second-order valence-corrected chi connectivity index (χ2v) is 10.9. The van der Waals surface area contributed by atoms with Crippen molar-refractivity contribution in [2.24, 2.45) is 0 Å². The van der Waals surface area contributed by atoms with E-state index in [0.29, 0.717) is 64.7 Å². The summed E-state index contributed by atoms with van der Waals surface area (Å²) in [5.74, 6) is -1.10. The fourth-order valence-electron chi connectivity index (χ4n) is 3.87. The number of aromatic carboxylic acids is 1. The van der Waals surface area contributed by atoms with E-state index in [-0.39, 0.29) is 10.8 Å². The third-order valence-corrected chi connectivity index (χ3v) is 8.14. The first-order valence-corrected chi connectivity index (χ1v) is 14.4. The third kappa shape index (κ3) is 6.53. The number of carboxylic acid groups (broad SMARTS) is 1. The molecule has 0 spiro atoms. The third-order valence-electron chi connectivity index (χ3n) is 5.93. The maximum atomic E-state index is 12.1. The molecule has 6 aromatic heterocycles. The van der Waals surface area contributed by atoms with Gasteiger partial charge in [-0.15, -0.1) is 22.7 Å². The van der Waals surface area contributed by atoms with Crippen LogP contribution in [0.1, 0.15) is 47.0 Å². The van der Waals surface area contributed by atoms with Gasteiger partial charge in [-0.2, -0.15) is 10.2 Å². The number of rotatable bonds is 10. The Hall–Kier alpha value is -5.12. The van der Waals surface area contributed by atoms with Gasteiger partial charge < -0.3 is 15.2 Å². The van der Waals surface area contributed by atoms with Crippen LogP contribution in [0.5, 0.6) is 0 Å². The number of carbonyl (C=O) groups is 4. The largest absolute Gasteiger partial charge is 0.477 e. The van der Waals surface area contributed by atoms with Gasteiger partial charge >= 0.3 is 5.97 Å². The van der Waals surface area contributed by atoms with Gasteiger partial charge in [-0.05, 0) is 43.3 Å². The summed E-state index contributed by atoms with van der Waals surface area (Å²) in [5.41, 5.74) is 3.11. The molecule has 2 N–H and O–H groups in total. The highest BCUT2D eigenvalue weighted by Gasteiger charge is 2.13. The Bertz CT molecular complexity index is 1940. The van der Waals surface area contributed by atoms with E-state index < -0.39 is 5.97 Å². The van der Waals surface area contributed by atoms with Crippen molar-refractivity contribution in [1.29, 1.82) is 0 Å². The zero-order valence-electron chi connectivity index (χ0n) is 22.5. The molecule has 0 unspecified atom stereocenters. The van der Waals surface area contributed by atoms with Crippen molar-refractivity contribution in [3.63, 3.8) is 0 Å². The van der Waals surface area contributed by atoms with Crippen LogP contribution in [0.25, 0.3) is 32.4 Å². The number of hydrogen-bond acceptors (Lipinski definition) is 11. The summed E-state index contributed by atoms with van der Waals surface area (Å²) in [6.45, 7) is 3.51. The van der Waals surface area contributed by atoms with E-state index in [2.05, 4.69) is 25.5 Å². The topological polar surface area (TPSA) is 170 Å². The first-order valence-electron chi connectivity index (χ1n) is 12.8. The number of amides is 1. The minimum Gasteiger partial charge on any atom is -0.477 e.